The zero-order valence-electron chi connectivity index (χ0n) is 33.2. The Kier molecular flexibility index (Phi) is 8.32. The van der Waals surface area contributed by atoms with Gasteiger partial charge < -0.3 is 15.2 Å². The van der Waals surface area contributed by atoms with Crippen LogP contribution in [0.1, 0.15) is 160 Å². The summed E-state index contributed by atoms with van der Waals surface area (Å²) in [7, 11) is 0. The van der Waals surface area contributed by atoms with Gasteiger partial charge in [0.15, 0.2) is 5.41 Å². The first-order valence-electron chi connectivity index (χ1n) is 20.6. The molecule has 9 atom stereocenters. The van der Waals surface area contributed by atoms with Gasteiger partial charge in [-0.25, -0.2) is 0 Å². The Labute approximate surface area is 299 Å². The minimum atomic E-state index is -1.13. The second kappa shape index (κ2) is 11.3. The molecule has 0 aromatic carbocycles. The molecule has 6 saturated carbocycles. The van der Waals surface area contributed by atoms with E-state index in [0.29, 0.717) is 46.8 Å². The quantitative estimate of drug-likeness (QED) is 0.172. The van der Waals surface area contributed by atoms with E-state index in [1.807, 2.05) is 27.7 Å². The first-order chi connectivity index (χ1) is 22.7. The van der Waals surface area contributed by atoms with Crippen molar-refractivity contribution in [1.29, 1.82) is 0 Å². The summed E-state index contributed by atoms with van der Waals surface area (Å²) in [5, 5.41) is 0. The third kappa shape index (κ3) is 4.91. The summed E-state index contributed by atoms with van der Waals surface area (Å²) in [6.07, 6.45) is 17.3. The molecular formula is C44H71NO4. The molecule has 276 valence electrons. The summed E-state index contributed by atoms with van der Waals surface area (Å²) in [4.78, 5) is 26.6. The van der Waals surface area contributed by atoms with Crippen LogP contribution in [0.4, 0.5) is 0 Å². The number of rotatable bonds is 6. The van der Waals surface area contributed by atoms with Gasteiger partial charge in [-0.15, -0.1) is 0 Å². The number of ether oxygens (including phenoxy) is 2. The van der Waals surface area contributed by atoms with Crippen molar-refractivity contribution in [1.82, 2.24) is 0 Å². The Hall–Kier alpha value is -1.36. The molecule has 0 bridgehead atoms. The van der Waals surface area contributed by atoms with E-state index in [-0.39, 0.29) is 40.5 Å². The van der Waals surface area contributed by atoms with E-state index in [2.05, 4.69) is 54.5 Å². The van der Waals surface area contributed by atoms with E-state index in [1.165, 1.54) is 57.8 Å². The van der Waals surface area contributed by atoms with Crippen molar-refractivity contribution in [2.45, 2.75) is 177 Å². The number of nitrogens with two attached hydrogens (primary N) is 1. The number of carbonyl (C=O) groups is 2. The summed E-state index contributed by atoms with van der Waals surface area (Å²) in [6, 6.07) is 0. The molecule has 0 heterocycles. The first kappa shape index (κ1) is 36.0. The first-order valence-corrected chi connectivity index (χ1v) is 20.6. The number of hydrogen-bond acceptors (Lipinski definition) is 5. The number of fused-ring (bicyclic) bond motifs is 7. The predicted molar refractivity (Wildman–Crippen MR) is 196 cm³/mol. The molecule has 0 saturated heterocycles. The molecule has 0 aliphatic heterocycles. The molecule has 6 fully saturated rings. The third-order valence-electron chi connectivity index (χ3n) is 17.7. The third-order valence-corrected chi connectivity index (χ3v) is 17.7. The zero-order valence-corrected chi connectivity index (χ0v) is 33.2. The van der Waals surface area contributed by atoms with Gasteiger partial charge in [0.2, 0.25) is 0 Å². The lowest BCUT2D eigenvalue weighted by atomic mass is 9.32. The van der Waals surface area contributed by atoms with Crippen LogP contribution in [0.25, 0.3) is 0 Å². The van der Waals surface area contributed by atoms with Gasteiger partial charge in [-0.3, -0.25) is 9.59 Å². The minimum absolute atomic E-state index is 0.0553. The van der Waals surface area contributed by atoms with Gasteiger partial charge >= 0.3 is 11.9 Å². The minimum Gasteiger partial charge on any atom is -0.462 e. The van der Waals surface area contributed by atoms with Gasteiger partial charge in [0.1, 0.15) is 0 Å². The van der Waals surface area contributed by atoms with Crippen LogP contribution in [0.5, 0.6) is 0 Å². The Bertz CT molecular complexity index is 1350. The van der Waals surface area contributed by atoms with Crippen LogP contribution < -0.4 is 5.73 Å². The van der Waals surface area contributed by atoms with Crippen molar-refractivity contribution in [2.75, 3.05) is 0 Å². The van der Waals surface area contributed by atoms with Gasteiger partial charge in [-0.05, 0) is 180 Å². The maximum atomic E-state index is 13.3. The average molecular weight is 678 g/mol. The Morgan fingerprint density at radius 3 is 1.94 bits per heavy atom. The highest BCUT2D eigenvalue weighted by molar-refractivity contribution is 6.01. The van der Waals surface area contributed by atoms with E-state index in [9.17, 15) is 9.59 Å². The summed E-state index contributed by atoms with van der Waals surface area (Å²) in [5.41, 5.74) is 9.22. The highest BCUT2D eigenvalue weighted by Gasteiger charge is 2.72. The van der Waals surface area contributed by atoms with Crippen molar-refractivity contribution in [3.05, 3.63) is 11.6 Å². The number of allylic oxidation sites excluding steroid dienone is 2. The number of carbonyl (C=O) groups excluding carboxylic acids is 2. The van der Waals surface area contributed by atoms with Crippen LogP contribution in [0.3, 0.4) is 0 Å². The van der Waals surface area contributed by atoms with Crippen molar-refractivity contribution in [2.24, 2.45) is 79.6 Å². The van der Waals surface area contributed by atoms with E-state index in [1.54, 1.807) is 5.57 Å². The van der Waals surface area contributed by atoms with E-state index < -0.39 is 5.41 Å². The maximum Gasteiger partial charge on any atom is 0.323 e. The van der Waals surface area contributed by atoms with Crippen LogP contribution in [-0.2, 0) is 19.1 Å². The van der Waals surface area contributed by atoms with E-state index in [4.69, 9.17) is 15.2 Å². The largest absolute Gasteiger partial charge is 0.462 e. The molecule has 0 aromatic heterocycles. The van der Waals surface area contributed by atoms with Gasteiger partial charge in [0.25, 0.3) is 0 Å². The van der Waals surface area contributed by atoms with Gasteiger partial charge in [-0.1, -0.05) is 60.1 Å². The van der Waals surface area contributed by atoms with Crippen LogP contribution in [-0.4, -0.2) is 29.7 Å². The standard InChI is InChI=1S/C44H71NO4/c1-26(2)30-14-19-44(45)21-20-40(10)32(35(30)44)12-13-34-39(9)17-15-31(38(7,8)33(39)16-18-41(34,40)11)29-22-42(23-29)24-43(25-42,36(46)48-27(3)4)37(47)49-28(5)6/h15,26-30,32-35H,12-14,16-25,45H2,1-11H3/t30-,32+,33-,34+,35+,39-,40+,41+,44-/m0/s1. The summed E-state index contributed by atoms with van der Waals surface area (Å²) in [6.45, 7) is 25.7. The molecule has 49 heavy (non-hydrogen) atoms. The molecule has 1 spiro atoms. The van der Waals surface area contributed by atoms with Crippen molar-refractivity contribution >= 4 is 11.9 Å². The highest BCUT2D eigenvalue weighted by Crippen LogP contribution is 2.77. The van der Waals surface area contributed by atoms with Crippen LogP contribution in [0.2, 0.25) is 0 Å². The van der Waals surface area contributed by atoms with Crippen LogP contribution >= 0.6 is 0 Å². The molecule has 0 amide bonds. The summed E-state index contributed by atoms with van der Waals surface area (Å²) in [5.74, 6) is 4.19. The fraction of sp³-hybridized carbons (Fsp3) is 0.909. The fourth-order valence-electron chi connectivity index (χ4n) is 15.5. The molecule has 5 heteroatoms. The average Bonchev–Trinajstić information content (AvgIpc) is 3.30. The maximum absolute atomic E-state index is 13.3. The van der Waals surface area contributed by atoms with Crippen LogP contribution in [0, 0.1) is 73.9 Å². The number of hydrogen-bond donors (Lipinski definition) is 1. The van der Waals surface area contributed by atoms with Gasteiger partial charge in [0, 0.05) is 5.54 Å². The van der Waals surface area contributed by atoms with Crippen molar-refractivity contribution in [3.63, 3.8) is 0 Å². The second-order valence-corrected chi connectivity index (χ2v) is 21.4. The van der Waals surface area contributed by atoms with E-state index >= 15 is 0 Å². The van der Waals surface area contributed by atoms with Crippen molar-refractivity contribution in [3.8, 4) is 0 Å². The highest BCUT2D eigenvalue weighted by atomic mass is 16.6. The number of esters is 2. The molecule has 0 radical (unpaired) electrons. The Balaban J connectivity index is 1.10. The lowest BCUT2D eigenvalue weighted by Gasteiger charge is -2.73. The Morgan fingerprint density at radius 2 is 1.37 bits per heavy atom. The molecule has 7 aliphatic rings. The van der Waals surface area contributed by atoms with Gasteiger partial charge in [0.05, 0.1) is 12.2 Å². The lowest BCUT2D eigenvalue weighted by Crippen LogP contribution is -2.67. The lowest BCUT2D eigenvalue weighted by molar-refractivity contribution is -0.223. The molecule has 7 aliphatic carbocycles. The monoisotopic (exact) mass is 678 g/mol. The Morgan fingerprint density at radius 1 is 0.755 bits per heavy atom. The molecule has 2 N–H and O–H groups in total. The molecule has 7 rings (SSSR count). The molecule has 5 nitrogen and oxygen atoms in total. The summed E-state index contributed by atoms with van der Waals surface area (Å²) >= 11 is 0. The molecular weight excluding hydrogens is 606 g/mol. The van der Waals surface area contributed by atoms with E-state index in [0.717, 1.165) is 36.5 Å². The van der Waals surface area contributed by atoms with Gasteiger partial charge in [-0.2, -0.15) is 0 Å². The predicted octanol–water partition coefficient (Wildman–Crippen LogP) is 10.1. The second-order valence-electron chi connectivity index (χ2n) is 21.4. The van der Waals surface area contributed by atoms with Crippen LogP contribution in [0.15, 0.2) is 11.6 Å². The molecule has 0 aromatic rings. The SMILES string of the molecule is CC(C)OC(=O)C1(C(=O)OC(C)C)CC2(CC(C3=CC[C@]4(C)[C@H]5CC[C@@H]6[C@H]7[C@H](C(C)C)CC[C@]7(N)CC[C@@]6(C)[C@]5(C)CC[C@H]4C3(C)C)C2)C1. The van der Waals surface area contributed by atoms with Crippen molar-refractivity contribution < 1.29 is 19.1 Å². The topological polar surface area (TPSA) is 78.6 Å². The molecule has 0 unspecified atom stereocenters. The summed E-state index contributed by atoms with van der Waals surface area (Å²) < 4.78 is 11.3. The smallest absolute Gasteiger partial charge is 0.323 e. The fourth-order valence-corrected chi connectivity index (χ4v) is 15.5. The zero-order chi connectivity index (χ0) is 35.7. The normalized spacial score (nSPS) is 44.6.